The van der Waals surface area contributed by atoms with Crippen molar-refractivity contribution in [1.29, 1.82) is 0 Å². The van der Waals surface area contributed by atoms with Crippen LogP contribution in [-0.4, -0.2) is 44.1 Å². The van der Waals surface area contributed by atoms with Crippen LogP contribution in [0.5, 0.6) is 17.2 Å². The topological polar surface area (TPSA) is 77.1 Å². The minimum atomic E-state index is -0.574. The van der Waals surface area contributed by atoms with Crippen molar-refractivity contribution >= 4 is 11.8 Å². The average Bonchev–Trinajstić information content (AvgIpc) is 2.92. The third-order valence-corrected chi connectivity index (χ3v) is 7.03. The van der Waals surface area contributed by atoms with Crippen molar-refractivity contribution in [2.24, 2.45) is 0 Å². The molecular formula is C29H30N2O5. The zero-order valence-electron chi connectivity index (χ0n) is 20.7. The van der Waals surface area contributed by atoms with Crippen LogP contribution in [0.15, 0.2) is 60.7 Å². The molecule has 2 aliphatic heterocycles. The molecule has 3 aromatic rings. The fourth-order valence-electron chi connectivity index (χ4n) is 5.37. The van der Waals surface area contributed by atoms with E-state index in [4.69, 9.17) is 14.2 Å². The third-order valence-electron chi connectivity index (χ3n) is 7.03. The standard InChI is InChI=1S/C29H30N2O5/c1-4-36-23-12-8-5-9-19(23)17-30-28(32)26-20-10-6-7-11-21(20)29(33)31-14-13-18-15-24(34-2)25(35-3)16-22(18)27(26)31/h5-12,15-16,26-27H,4,13-14,17H2,1-3H3,(H,30,32)/t26-,27+/m1/s1. The Morgan fingerprint density at radius 1 is 0.972 bits per heavy atom. The van der Waals surface area contributed by atoms with Crippen molar-refractivity contribution in [3.8, 4) is 17.2 Å². The molecule has 36 heavy (non-hydrogen) atoms. The van der Waals surface area contributed by atoms with Gasteiger partial charge in [0.15, 0.2) is 11.5 Å². The molecule has 2 aliphatic rings. The second-order valence-corrected chi connectivity index (χ2v) is 8.92. The Morgan fingerprint density at radius 2 is 1.69 bits per heavy atom. The quantitative estimate of drug-likeness (QED) is 0.540. The van der Waals surface area contributed by atoms with Gasteiger partial charge in [0.05, 0.1) is 32.8 Å². The molecule has 186 valence electrons. The number of nitrogens with one attached hydrogen (secondary N) is 1. The van der Waals surface area contributed by atoms with Gasteiger partial charge in [0.1, 0.15) is 5.75 Å². The van der Waals surface area contributed by atoms with Crippen LogP contribution >= 0.6 is 0 Å². The van der Waals surface area contributed by atoms with Gasteiger partial charge in [-0.25, -0.2) is 0 Å². The maximum atomic E-state index is 13.9. The molecule has 7 heteroatoms. The van der Waals surface area contributed by atoms with Gasteiger partial charge in [-0.1, -0.05) is 36.4 Å². The normalized spacial score (nSPS) is 18.0. The van der Waals surface area contributed by atoms with Crippen molar-refractivity contribution in [1.82, 2.24) is 10.2 Å². The number of nitrogens with zero attached hydrogens (tertiary/aromatic N) is 1. The minimum Gasteiger partial charge on any atom is -0.494 e. The second-order valence-electron chi connectivity index (χ2n) is 8.92. The lowest BCUT2D eigenvalue weighted by molar-refractivity contribution is -0.124. The lowest BCUT2D eigenvalue weighted by Gasteiger charge is -2.45. The predicted molar refractivity (Wildman–Crippen MR) is 136 cm³/mol. The summed E-state index contributed by atoms with van der Waals surface area (Å²) in [6, 6.07) is 18.5. The van der Waals surface area contributed by atoms with Crippen LogP contribution in [0.2, 0.25) is 0 Å². The fourth-order valence-corrected chi connectivity index (χ4v) is 5.37. The van der Waals surface area contributed by atoms with E-state index in [1.165, 1.54) is 0 Å². The number of fused-ring (bicyclic) bond motifs is 4. The van der Waals surface area contributed by atoms with E-state index in [2.05, 4.69) is 5.32 Å². The molecule has 0 aromatic heterocycles. The zero-order valence-corrected chi connectivity index (χ0v) is 20.7. The largest absolute Gasteiger partial charge is 0.494 e. The summed E-state index contributed by atoms with van der Waals surface area (Å²) in [6.07, 6.45) is 0.677. The van der Waals surface area contributed by atoms with Crippen molar-refractivity contribution in [3.05, 3.63) is 88.5 Å². The van der Waals surface area contributed by atoms with Crippen molar-refractivity contribution in [3.63, 3.8) is 0 Å². The smallest absolute Gasteiger partial charge is 0.254 e. The van der Waals surface area contributed by atoms with Gasteiger partial charge in [0.2, 0.25) is 5.91 Å². The third kappa shape index (κ3) is 4.04. The highest BCUT2D eigenvalue weighted by molar-refractivity contribution is 6.01. The zero-order chi connectivity index (χ0) is 25.2. The summed E-state index contributed by atoms with van der Waals surface area (Å²) in [4.78, 5) is 29.3. The number of hydrogen-bond acceptors (Lipinski definition) is 5. The van der Waals surface area contributed by atoms with Gasteiger partial charge in [-0.05, 0) is 54.3 Å². The summed E-state index contributed by atoms with van der Waals surface area (Å²) in [5.41, 5.74) is 4.19. The molecular weight excluding hydrogens is 456 g/mol. The SMILES string of the molecule is CCOc1ccccc1CNC(=O)[C@@H]1c2ccccc2C(=O)N2CCc3cc(OC)c(OC)cc3[C@@H]12. The number of carbonyl (C=O) groups is 2. The number of para-hydroxylation sites is 1. The lowest BCUT2D eigenvalue weighted by atomic mass is 9.75. The summed E-state index contributed by atoms with van der Waals surface area (Å²) >= 11 is 0. The molecule has 2 atom stereocenters. The Labute approximate surface area is 211 Å². The molecule has 0 bridgehead atoms. The first-order chi connectivity index (χ1) is 17.6. The van der Waals surface area contributed by atoms with Crippen LogP contribution in [0, 0.1) is 0 Å². The van der Waals surface area contributed by atoms with E-state index in [0.29, 0.717) is 43.2 Å². The highest BCUT2D eigenvalue weighted by Crippen LogP contribution is 2.48. The predicted octanol–water partition coefficient (Wildman–Crippen LogP) is 4.26. The monoisotopic (exact) mass is 486 g/mol. The molecule has 7 nitrogen and oxygen atoms in total. The minimum absolute atomic E-state index is 0.0539. The summed E-state index contributed by atoms with van der Waals surface area (Å²) in [5, 5.41) is 3.13. The molecule has 2 heterocycles. The van der Waals surface area contributed by atoms with Crippen molar-refractivity contribution in [2.75, 3.05) is 27.4 Å². The molecule has 0 saturated heterocycles. The average molecular weight is 487 g/mol. The molecule has 1 N–H and O–H groups in total. The Balaban J connectivity index is 1.56. The van der Waals surface area contributed by atoms with Crippen LogP contribution in [0.3, 0.4) is 0 Å². The summed E-state index contributed by atoms with van der Waals surface area (Å²) in [6.45, 7) is 3.33. The maximum absolute atomic E-state index is 13.9. The second kappa shape index (κ2) is 9.93. The van der Waals surface area contributed by atoms with Crippen LogP contribution in [0.1, 0.15) is 51.5 Å². The van der Waals surface area contributed by atoms with Crippen LogP contribution in [-0.2, 0) is 17.8 Å². The van der Waals surface area contributed by atoms with Gasteiger partial charge in [-0.3, -0.25) is 9.59 Å². The number of methoxy groups -OCH3 is 2. The molecule has 2 amide bonds. The molecule has 0 spiro atoms. The van der Waals surface area contributed by atoms with E-state index in [-0.39, 0.29) is 11.8 Å². The Hall–Kier alpha value is -4.00. The number of carbonyl (C=O) groups excluding carboxylic acids is 2. The maximum Gasteiger partial charge on any atom is 0.254 e. The van der Waals surface area contributed by atoms with E-state index in [0.717, 1.165) is 28.0 Å². The number of amides is 2. The first-order valence-electron chi connectivity index (χ1n) is 12.2. The molecule has 0 radical (unpaired) electrons. The van der Waals surface area contributed by atoms with E-state index in [1.54, 1.807) is 14.2 Å². The molecule has 0 aliphatic carbocycles. The molecule has 5 rings (SSSR count). The van der Waals surface area contributed by atoms with Gasteiger partial charge < -0.3 is 24.4 Å². The van der Waals surface area contributed by atoms with E-state index >= 15 is 0 Å². The molecule has 0 fully saturated rings. The van der Waals surface area contributed by atoms with Gasteiger partial charge in [0, 0.05) is 24.2 Å². The van der Waals surface area contributed by atoms with Gasteiger partial charge in [-0.15, -0.1) is 0 Å². The Bertz CT molecular complexity index is 1300. The first-order valence-corrected chi connectivity index (χ1v) is 12.2. The van der Waals surface area contributed by atoms with Gasteiger partial charge >= 0.3 is 0 Å². The van der Waals surface area contributed by atoms with Crippen molar-refractivity contribution < 1.29 is 23.8 Å². The lowest BCUT2D eigenvalue weighted by Crippen LogP contribution is -2.50. The Kier molecular flexibility index (Phi) is 6.55. The van der Waals surface area contributed by atoms with Crippen LogP contribution in [0.4, 0.5) is 0 Å². The van der Waals surface area contributed by atoms with Gasteiger partial charge in [-0.2, -0.15) is 0 Å². The van der Waals surface area contributed by atoms with E-state index < -0.39 is 12.0 Å². The first kappa shape index (κ1) is 23.7. The van der Waals surface area contributed by atoms with Crippen molar-refractivity contribution in [2.45, 2.75) is 31.8 Å². The van der Waals surface area contributed by atoms with E-state index in [1.807, 2.05) is 72.5 Å². The summed E-state index contributed by atoms with van der Waals surface area (Å²) in [7, 11) is 3.20. The van der Waals surface area contributed by atoms with Crippen LogP contribution < -0.4 is 19.5 Å². The number of hydrogen-bond donors (Lipinski definition) is 1. The van der Waals surface area contributed by atoms with E-state index in [9.17, 15) is 9.59 Å². The molecule has 0 unspecified atom stereocenters. The number of benzene rings is 3. The molecule has 0 saturated carbocycles. The Morgan fingerprint density at radius 3 is 2.47 bits per heavy atom. The highest BCUT2D eigenvalue weighted by Gasteiger charge is 2.46. The number of ether oxygens (including phenoxy) is 3. The molecule has 3 aromatic carbocycles. The highest BCUT2D eigenvalue weighted by atomic mass is 16.5. The number of rotatable bonds is 7. The fraction of sp³-hybridized carbons (Fsp3) is 0.310. The van der Waals surface area contributed by atoms with Gasteiger partial charge in [0.25, 0.3) is 5.91 Å². The summed E-state index contributed by atoms with van der Waals surface area (Å²) in [5.74, 6) is 1.20. The summed E-state index contributed by atoms with van der Waals surface area (Å²) < 4.78 is 16.8. The van der Waals surface area contributed by atoms with Crippen LogP contribution in [0.25, 0.3) is 0 Å².